The molecule has 1 aromatic carbocycles. The highest BCUT2D eigenvalue weighted by Crippen LogP contribution is 2.22. The van der Waals surface area contributed by atoms with Crippen LogP contribution in [0.25, 0.3) is 0 Å². The van der Waals surface area contributed by atoms with Gasteiger partial charge >= 0.3 is 0 Å². The van der Waals surface area contributed by atoms with E-state index in [1.165, 1.54) is 41.2 Å². The number of rotatable bonds is 2. The Labute approximate surface area is 96.7 Å². The van der Waals surface area contributed by atoms with Gasteiger partial charge in [-0.3, -0.25) is 0 Å². The predicted octanol–water partition coefficient (Wildman–Crippen LogP) is 3.61. The van der Waals surface area contributed by atoms with Crippen LogP contribution in [0.3, 0.4) is 0 Å². The van der Waals surface area contributed by atoms with E-state index in [0.717, 1.165) is 0 Å². The molecular weight excluding hydrogens is 202 g/mol. The average molecular weight is 221 g/mol. The van der Waals surface area contributed by atoms with Crippen LogP contribution in [0.2, 0.25) is 0 Å². The van der Waals surface area contributed by atoms with Gasteiger partial charge in [-0.25, -0.2) is 0 Å². The maximum atomic E-state index is 3.63. The summed E-state index contributed by atoms with van der Waals surface area (Å²) >= 11 is 2.07. The van der Waals surface area contributed by atoms with E-state index in [0.29, 0.717) is 6.04 Å². The van der Waals surface area contributed by atoms with E-state index in [9.17, 15) is 0 Å². The Morgan fingerprint density at radius 1 is 1.27 bits per heavy atom. The SMILES string of the molecule is Cc1ccc(NC2CCCSC2)cc1C. The number of hydrogen-bond donors (Lipinski definition) is 1. The molecule has 1 heterocycles. The third-order valence-corrected chi connectivity index (χ3v) is 4.25. The summed E-state index contributed by atoms with van der Waals surface area (Å²) in [6.45, 7) is 4.34. The van der Waals surface area contributed by atoms with Gasteiger partial charge in [0, 0.05) is 17.5 Å². The summed E-state index contributed by atoms with van der Waals surface area (Å²) in [6.07, 6.45) is 2.67. The molecule has 2 rings (SSSR count). The van der Waals surface area contributed by atoms with E-state index in [-0.39, 0.29) is 0 Å². The molecule has 1 nitrogen and oxygen atoms in total. The summed E-state index contributed by atoms with van der Waals surface area (Å²) in [5, 5.41) is 3.63. The van der Waals surface area contributed by atoms with Crippen molar-refractivity contribution in [1.29, 1.82) is 0 Å². The van der Waals surface area contributed by atoms with Crippen molar-refractivity contribution >= 4 is 17.4 Å². The lowest BCUT2D eigenvalue weighted by molar-refractivity contribution is 0.685. The molecule has 1 unspecified atom stereocenters. The second-order valence-electron chi connectivity index (χ2n) is 4.36. The standard InChI is InChI=1S/C13H19NS/c1-10-5-6-12(8-11(10)2)14-13-4-3-7-15-9-13/h5-6,8,13-14H,3-4,7,9H2,1-2H3. The van der Waals surface area contributed by atoms with Gasteiger partial charge in [-0.2, -0.15) is 11.8 Å². The Morgan fingerprint density at radius 3 is 2.80 bits per heavy atom. The lowest BCUT2D eigenvalue weighted by Crippen LogP contribution is -2.25. The van der Waals surface area contributed by atoms with Crippen molar-refractivity contribution in [3.63, 3.8) is 0 Å². The van der Waals surface area contributed by atoms with Crippen LogP contribution in [0.5, 0.6) is 0 Å². The molecule has 1 atom stereocenters. The number of nitrogens with one attached hydrogen (secondary N) is 1. The van der Waals surface area contributed by atoms with Crippen LogP contribution in [-0.2, 0) is 0 Å². The van der Waals surface area contributed by atoms with Crippen LogP contribution in [0.15, 0.2) is 18.2 Å². The van der Waals surface area contributed by atoms with Gasteiger partial charge in [-0.1, -0.05) is 6.07 Å². The van der Waals surface area contributed by atoms with Gasteiger partial charge in [0.15, 0.2) is 0 Å². The molecule has 0 spiro atoms. The maximum absolute atomic E-state index is 3.63. The van der Waals surface area contributed by atoms with Gasteiger partial charge in [-0.05, 0) is 55.7 Å². The first-order valence-corrected chi connectivity index (χ1v) is 6.83. The van der Waals surface area contributed by atoms with Gasteiger partial charge in [0.25, 0.3) is 0 Å². The zero-order valence-electron chi connectivity index (χ0n) is 9.55. The molecule has 0 aromatic heterocycles. The fraction of sp³-hybridized carbons (Fsp3) is 0.538. The Morgan fingerprint density at radius 2 is 2.13 bits per heavy atom. The molecule has 1 fully saturated rings. The van der Waals surface area contributed by atoms with Gasteiger partial charge < -0.3 is 5.32 Å². The van der Waals surface area contributed by atoms with E-state index in [1.54, 1.807) is 0 Å². The van der Waals surface area contributed by atoms with Crippen LogP contribution >= 0.6 is 11.8 Å². The first-order chi connectivity index (χ1) is 7.25. The minimum absolute atomic E-state index is 0.672. The second kappa shape index (κ2) is 4.93. The molecule has 0 radical (unpaired) electrons. The van der Waals surface area contributed by atoms with Crippen molar-refractivity contribution in [2.45, 2.75) is 32.7 Å². The molecule has 1 saturated heterocycles. The Balaban J connectivity index is 2.00. The second-order valence-corrected chi connectivity index (χ2v) is 5.51. The van der Waals surface area contributed by atoms with Crippen molar-refractivity contribution in [2.75, 3.05) is 16.8 Å². The molecule has 1 aliphatic heterocycles. The third kappa shape index (κ3) is 2.91. The number of benzene rings is 1. The van der Waals surface area contributed by atoms with E-state index in [4.69, 9.17) is 0 Å². The van der Waals surface area contributed by atoms with Crippen LogP contribution < -0.4 is 5.32 Å². The van der Waals surface area contributed by atoms with Crippen LogP contribution in [0.4, 0.5) is 5.69 Å². The molecule has 1 aromatic rings. The van der Waals surface area contributed by atoms with Crippen LogP contribution in [0, 0.1) is 13.8 Å². The quantitative estimate of drug-likeness (QED) is 0.818. The minimum Gasteiger partial charge on any atom is -0.381 e. The number of thioether (sulfide) groups is 1. The van der Waals surface area contributed by atoms with Crippen molar-refractivity contribution in [3.8, 4) is 0 Å². The number of hydrogen-bond acceptors (Lipinski definition) is 2. The first-order valence-electron chi connectivity index (χ1n) is 5.67. The molecule has 15 heavy (non-hydrogen) atoms. The minimum atomic E-state index is 0.672. The monoisotopic (exact) mass is 221 g/mol. The Bertz CT molecular complexity index is 329. The van der Waals surface area contributed by atoms with Crippen molar-refractivity contribution in [3.05, 3.63) is 29.3 Å². The fourth-order valence-electron chi connectivity index (χ4n) is 1.92. The van der Waals surface area contributed by atoms with Crippen molar-refractivity contribution < 1.29 is 0 Å². The molecule has 2 heteroatoms. The smallest absolute Gasteiger partial charge is 0.0352 e. The summed E-state index contributed by atoms with van der Waals surface area (Å²) in [5.41, 5.74) is 4.03. The largest absolute Gasteiger partial charge is 0.381 e. The molecule has 0 amide bonds. The van der Waals surface area contributed by atoms with Crippen molar-refractivity contribution in [2.24, 2.45) is 0 Å². The summed E-state index contributed by atoms with van der Waals surface area (Å²) in [7, 11) is 0. The molecule has 0 bridgehead atoms. The molecule has 82 valence electrons. The number of aryl methyl sites for hydroxylation is 2. The highest BCUT2D eigenvalue weighted by atomic mass is 32.2. The lowest BCUT2D eigenvalue weighted by atomic mass is 10.1. The zero-order valence-corrected chi connectivity index (χ0v) is 10.4. The van der Waals surface area contributed by atoms with E-state index in [2.05, 4.69) is 49.1 Å². The van der Waals surface area contributed by atoms with Crippen LogP contribution in [0.1, 0.15) is 24.0 Å². The third-order valence-electron chi connectivity index (χ3n) is 3.04. The first kappa shape index (κ1) is 10.9. The molecule has 0 aliphatic carbocycles. The number of anilines is 1. The highest BCUT2D eigenvalue weighted by molar-refractivity contribution is 7.99. The summed E-state index contributed by atoms with van der Waals surface area (Å²) < 4.78 is 0. The molecule has 0 saturated carbocycles. The topological polar surface area (TPSA) is 12.0 Å². The molecular formula is C13H19NS. The maximum Gasteiger partial charge on any atom is 0.0352 e. The predicted molar refractivity (Wildman–Crippen MR) is 69.9 cm³/mol. The molecule has 1 N–H and O–H groups in total. The van der Waals surface area contributed by atoms with Gasteiger partial charge in [0.1, 0.15) is 0 Å². The normalized spacial score (nSPS) is 21.3. The summed E-state index contributed by atoms with van der Waals surface area (Å²) in [5.74, 6) is 2.60. The average Bonchev–Trinajstić information content (AvgIpc) is 2.25. The van der Waals surface area contributed by atoms with E-state index < -0.39 is 0 Å². The lowest BCUT2D eigenvalue weighted by Gasteiger charge is -2.23. The van der Waals surface area contributed by atoms with Crippen molar-refractivity contribution in [1.82, 2.24) is 0 Å². The van der Waals surface area contributed by atoms with Gasteiger partial charge in [-0.15, -0.1) is 0 Å². The summed E-state index contributed by atoms with van der Waals surface area (Å²) in [6, 6.07) is 7.33. The molecule has 1 aliphatic rings. The fourth-order valence-corrected chi connectivity index (χ4v) is 2.99. The summed E-state index contributed by atoms with van der Waals surface area (Å²) in [4.78, 5) is 0. The van der Waals surface area contributed by atoms with E-state index >= 15 is 0 Å². The Hall–Kier alpha value is -0.630. The van der Waals surface area contributed by atoms with Crippen LogP contribution in [-0.4, -0.2) is 17.5 Å². The van der Waals surface area contributed by atoms with E-state index in [1.807, 2.05) is 0 Å². The zero-order chi connectivity index (χ0) is 10.7. The van der Waals surface area contributed by atoms with Gasteiger partial charge in [0.05, 0.1) is 0 Å². The highest BCUT2D eigenvalue weighted by Gasteiger charge is 2.13. The van der Waals surface area contributed by atoms with Gasteiger partial charge in [0.2, 0.25) is 0 Å². The Kier molecular flexibility index (Phi) is 3.57.